The van der Waals surface area contributed by atoms with Crippen LogP contribution in [-0.4, -0.2) is 5.11 Å². The average molecular weight is 368 g/mol. The Balaban J connectivity index is 1.85. The molecule has 26 heavy (non-hydrogen) atoms. The Hall–Kier alpha value is -2.79. The molecule has 1 atom stereocenters. The number of benzene rings is 3. The summed E-state index contributed by atoms with van der Waals surface area (Å²) >= 11 is 5.35. The fourth-order valence-electron chi connectivity index (χ4n) is 2.73. The van der Waals surface area contributed by atoms with Gasteiger partial charge in [0.15, 0.2) is 5.11 Å². The predicted molar refractivity (Wildman–Crippen MR) is 105 cm³/mol. The van der Waals surface area contributed by atoms with Crippen LogP contribution in [0.5, 0.6) is 0 Å². The molecule has 2 nitrogen and oxygen atoms in total. The average Bonchev–Trinajstić information content (AvgIpc) is 2.63. The van der Waals surface area contributed by atoms with Gasteiger partial charge in [0.1, 0.15) is 11.6 Å². The fraction of sp³-hybridized carbons (Fsp3) is 0.0952. The second-order valence-electron chi connectivity index (χ2n) is 5.98. The molecular formula is C21H18F2N2S. The van der Waals surface area contributed by atoms with Crippen molar-refractivity contribution in [2.75, 3.05) is 5.32 Å². The van der Waals surface area contributed by atoms with Crippen molar-refractivity contribution in [3.63, 3.8) is 0 Å². The Morgan fingerprint density at radius 3 is 2.31 bits per heavy atom. The molecule has 0 amide bonds. The SMILES string of the molecule is Cc1cccc([C@@H](NC(=S)Nc2ccc(F)cc2F)c2ccccc2)c1. The molecule has 0 fully saturated rings. The third-order valence-corrected chi connectivity index (χ3v) is 4.18. The lowest BCUT2D eigenvalue weighted by atomic mass is 9.97. The van der Waals surface area contributed by atoms with Crippen molar-refractivity contribution in [3.8, 4) is 0 Å². The van der Waals surface area contributed by atoms with Crippen molar-refractivity contribution in [3.05, 3.63) is 101 Å². The van der Waals surface area contributed by atoms with E-state index in [1.807, 2.05) is 55.5 Å². The van der Waals surface area contributed by atoms with Gasteiger partial charge >= 0.3 is 0 Å². The third kappa shape index (κ3) is 4.43. The summed E-state index contributed by atoms with van der Waals surface area (Å²) in [5.74, 6) is -1.32. The zero-order chi connectivity index (χ0) is 18.5. The highest BCUT2D eigenvalue weighted by Crippen LogP contribution is 2.23. The van der Waals surface area contributed by atoms with Gasteiger partial charge in [-0.2, -0.15) is 0 Å². The van der Waals surface area contributed by atoms with Crippen LogP contribution in [0.15, 0.2) is 72.8 Å². The van der Waals surface area contributed by atoms with Crippen molar-refractivity contribution in [1.82, 2.24) is 5.32 Å². The number of nitrogens with one attached hydrogen (secondary N) is 2. The quantitative estimate of drug-likeness (QED) is 0.607. The van der Waals surface area contributed by atoms with Crippen LogP contribution in [0.4, 0.5) is 14.5 Å². The summed E-state index contributed by atoms with van der Waals surface area (Å²) in [5.41, 5.74) is 3.33. The molecule has 0 radical (unpaired) electrons. The van der Waals surface area contributed by atoms with Crippen LogP contribution in [-0.2, 0) is 0 Å². The first-order chi connectivity index (χ1) is 12.5. The Labute approximate surface area is 156 Å². The van der Waals surface area contributed by atoms with Gasteiger partial charge in [-0.05, 0) is 42.4 Å². The first-order valence-electron chi connectivity index (χ1n) is 8.17. The maximum Gasteiger partial charge on any atom is 0.171 e. The zero-order valence-electron chi connectivity index (χ0n) is 14.2. The molecule has 3 aromatic rings. The largest absolute Gasteiger partial charge is 0.352 e. The Morgan fingerprint density at radius 2 is 1.62 bits per heavy atom. The fourth-order valence-corrected chi connectivity index (χ4v) is 2.96. The first kappa shape index (κ1) is 18.0. The molecule has 0 saturated heterocycles. The van der Waals surface area contributed by atoms with Crippen molar-refractivity contribution >= 4 is 23.0 Å². The summed E-state index contributed by atoms with van der Waals surface area (Å²) in [6.45, 7) is 2.02. The highest BCUT2D eigenvalue weighted by molar-refractivity contribution is 7.80. The van der Waals surface area contributed by atoms with E-state index in [0.29, 0.717) is 0 Å². The number of halogens is 2. The minimum absolute atomic E-state index is 0.125. The van der Waals surface area contributed by atoms with E-state index in [1.54, 1.807) is 0 Å². The Kier molecular flexibility index (Phi) is 5.58. The van der Waals surface area contributed by atoms with Crippen LogP contribution in [0, 0.1) is 18.6 Å². The molecule has 0 aromatic heterocycles. The number of aryl methyl sites for hydroxylation is 1. The van der Waals surface area contributed by atoms with E-state index in [4.69, 9.17) is 12.2 Å². The van der Waals surface area contributed by atoms with Crippen LogP contribution in [0.1, 0.15) is 22.7 Å². The van der Waals surface area contributed by atoms with Crippen LogP contribution < -0.4 is 10.6 Å². The summed E-state index contributed by atoms with van der Waals surface area (Å²) in [4.78, 5) is 0. The monoisotopic (exact) mass is 368 g/mol. The lowest BCUT2D eigenvalue weighted by molar-refractivity contribution is 0.586. The Bertz CT molecular complexity index is 913. The van der Waals surface area contributed by atoms with Crippen molar-refractivity contribution in [2.45, 2.75) is 13.0 Å². The van der Waals surface area contributed by atoms with Gasteiger partial charge in [0.2, 0.25) is 0 Å². The predicted octanol–water partition coefficient (Wildman–Crippen LogP) is 5.35. The van der Waals surface area contributed by atoms with E-state index in [9.17, 15) is 8.78 Å². The van der Waals surface area contributed by atoms with Gasteiger partial charge in [-0.1, -0.05) is 60.2 Å². The second kappa shape index (κ2) is 8.06. The lowest BCUT2D eigenvalue weighted by Gasteiger charge is -2.22. The molecule has 0 heterocycles. The first-order valence-corrected chi connectivity index (χ1v) is 8.58. The summed E-state index contributed by atoms with van der Waals surface area (Å²) < 4.78 is 26.9. The minimum Gasteiger partial charge on any atom is -0.352 e. The molecule has 0 aliphatic heterocycles. The number of rotatable bonds is 4. The van der Waals surface area contributed by atoms with Crippen LogP contribution in [0.3, 0.4) is 0 Å². The van der Waals surface area contributed by atoms with Crippen LogP contribution in [0.25, 0.3) is 0 Å². The number of hydrogen-bond acceptors (Lipinski definition) is 1. The molecule has 0 spiro atoms. The normalized spacial score (nSPS) is 11.7. The van der Waals surface area contributed by atoms with E-state index >= 15 is 0 Å². The third-order valence-electron chi connectivity index (χ3n) is 3.96. The van der Waals surface area contributed by atoms with Gasteiger partial charge in [-0.15, -0.1) is 0 Å². The molecule has 0 aliphatic rings. The minimum atomic E-state index is -0.694. The molecule has 0 saturated carbocycles. The van der Waals surface area contributed by atoms with E-state index in [1.165, 1.54) is 12.1 Å². The van der Waals surface area contributed by atoms with Crippen LogP contribution >= 0.6 is 12.2 Å². The van der Waals surface area contributed by atoms with E-state index in [-0.39, 0.29) is 16.8 Å². The van der Waals surface area contributed by atoms with Crippen molar-refractivity contribution in [2.24, 2.45) is 0 Å². The van der Waals surface area contributed by atoms with E-state index < -0.39 is 11.6 Å². The summed E-state index contributed by atoms with van der Waals surface area (Å²) in [6, 6.07) is 21.1. The van der Waals surface area contributed by atoms with Crippen molar-refractivity contribution < 1.29 is 8.78 Å². The molecule has 5 heteroatoms. The topological polar surface area (TPSA) is 24.1 Å². The highest BCUT2D eigenvalue weighted by Gasteiger charge is 2.16. The standard InChI is InChI=1S/C21H18F2N2S/c1-14-6-5-9-16(12-14)20(15-7-3-2-4-8-15)25-21(26)24-19-11-10-17(22)13-18(19)23/h2-13,20H,1H3,(H2,24,25,26)/t20-/m0/s1. The molecule has 3 aromatic carbocycles. The van der Waals surface area contributed by atoms with Gasteiger partial charge in [0.25, 0.3) is 0 Å². The molecule has 132 valence electrons. The van der Waals surface area contributed by atoms with Crippen molar-refractivity contribution in [1.29, 1.82) is 0 Å². The van der Waals surface area contributed by atoms with Gasteiger partial charge in [0, 0.05) is 6.07 Å². The molecule has 0 aliphatic carbocycles. The smallest absolute Gasteiger partial charge is 0.171 e. The summed E-state index contributed by atoms with van der Waals surface area (Å²) in [5, 5.41) is 6.28. The molecule has 2 N–H and O–H groups in total. The highest BCUT2D eigenvalue weighted by atomic mass is 32.1. The van der Waals surface area contributed by atoms with E-state index in [0.717, 1.165) is 22.8 Å². The second-order valence-corrected chi connectivity index (χ2v) is 6.39. The maximum absolute atomic E-state index is 13.9. The Morgan fingerprint density at radius 1 is 0.885 bits per heavy atom. The summed E-state index contributed by atoms with van der Waals surface area (Å²) in [6.07, 6.45) is 0. The molecular weight excluding hydrogens is 350 g/mol. The van der Waals surface area contributed by atoms with Gasteiger partial charge in [0.05, 0.1) is 11.7 Å². The van der Waals surface area contributed by atoms with Gasteiger partial charge in [-0.3, -0.25) is 0 Å². The maximum atomic E-state index is 13.9. The molecule has 3 rings (SSSR count). The molecule has 0 bridgehead atoms. The van der Waals surface area contributed by atoms with Gasteiger partial charge in [-0.25, -0.2) is 8.78 Å². The van der Waals surface area contributed by atoms with E-state index in [2.05, 4.69) is 16.7 Å². The number of hydrogen-bond donors (Lipinski definition) is 2. The zero-order valence-corrected chi connectivity index (χ0v) is 15.0. The molecule has 0 unspecified atom stereocenters. The van der Waals surface area contributed by atoms with Gasteiger partial charge < -0.3 is 10.6 Å². The number of anilines is 1. The van der Waals surface area contributed by atoms with Crippen LogP contribution in [0.2, 0.25) is 0 Å². The lowest BCUT2D eigenvalue weighted by Crippen LogP contribution is -2.33. The number of thiocarbonyl (C=S) groups is 1. The summed E-state index contributed by atoms with van der Waals surface area (Å²) in [7, 11) is 0.